The van der Waals surface area contributed by atoms with Crippen LogP contribution in [0.1, 0.15) is 29.7 Å². The monoisotopic (exact) mass is 468 g/mol. The molecule has 0 saturated carbocycles. The van der Waals surface area contributed by atoms with Gasteiger partial charge in [-0.3, -0.25) is 0 Å². The minimum atomic E-state index is -4.50. The number of aromatic nitrogens is 4. The Labute approximate surface area is 185 Å². The first-order chi connectivity index (χ1) is 14.6. The lowest BCUT2D eigenvalue weighted by molar-refractivity contribution is -0.136. The van der Waals surface area contributed by atoms with Crippen LogP contribution in [0.3, 0.4) is 0 Å². The summed E-state index contributed by atoms with van der Waals surface area (Å²) in [5.74, 6) is -0.691. The molecule has 0 radical (unpaired) electrons. The van der Waals surface area contributed by atoms with Gasteiger partial charge in [0, 0.05) is 38.1 Å². The predicted molar refractivity (Wildman–Crippen MR) is 112 cm³/mol. The van der Waals surface area contributed by atoms with E-state index >= 15 is 0 Å². The molecule has 0 aliphatic carbocycles. The Balaban J connectivity index is 1.85. The first-order valence-electron chi connectivity index (χ1n) is 9.29. The lowest BCUT2D eigenvalue weighted by Gasteiger charge is -2.35. The van der Waals surface area contributed by atoms with Gasteiger partial charge in [0.15, 0.2) is 0 Å². The van der Waals surface area contributed by atoms with Gasteiger partial charge in [-0.15, -0.1) is 0 Å². The maximum atomic E-state index is 13.5. The van der Waals surface area contributed by atoms with Crippen molar-refractivity contribution >= 4 is 34.1 Å². The molecule has 2 aromatic carbocycles. The summed E-state index contributed by atoms with van der Waals surface area (Å²) in [5.41, 5.74) is -1.27. The summed E-state index contributed by atoms with van der Waals surface area (Å²) in [5, 5.41) is 16.6. The third-order valence-electron chi connectivity index (χ3n) is 5.44. The fraction of sp³-hybridized carbons (Fsp3) is 0.238. The molecule has 0 saturated heterocycles. The topological polar surface area (TPSA) is 66.7 Å². The van der Waals surface area contributed by atoms with E-state index in [4.69, 9.17) is 23.2 Å². The number of fused-ring (bicyclic) bond motifs is 1. The maximum Gasteiger partial charge on any atom is 0.417 e. The van der Waals surface area contributed by atoms with E-state index < -0.39 is 23.3 Å². The summed E-state index contributed by atoms with van der Waals surface area (Å²) in [6.07, 6.45) is -1.74. The summed E-state index contributed by atoms with van der Waals surface area (Å²) in [4.78, 5) is 6.92. The number of hydrogen-bond donors (Lipinski definition) is 2. The van der Waals surface area contributed by atoms with E-state index in [9.17, 15) is 18.3 Å². The maximum absolute atomic E-state index is 13.5. The first kappa shape index (κ1) is 21.7. The van der Waals surface area contributed by atoms with Crippen LogP contribution in [0.15, 0.2) is 55.1 Å². The molecule has 31 heavy (non-hydrogen) atoms. The second kappa shape index (κ2) is 7.85. The molecule has 0 bridgehead atoms. The molecule has 10 heteroatoms. The third-order valence-corrected chi connectivity index (χ3v) is 5.99. The summed E-state index contributed by atoms with van der Waals surface area (Å²) >= 11 is 12.4. The number of nitrogens with zero attached hydrogens (tertiary/aromatic N) is 3. The van der Waals surface area contributed by atoms with E-state index in [-0.39, 0.29) is 17.0 Å². The zero-order chi connectivity index (χ0) is 22.4. The summed E-state index contributed by atoms with van der Waals surface area (Å²) in [6, 6.07) is 10.0. The molecule has 4 aromatic rings. The zero-order valence-corrected chi connectivity index (χ0v) is 17.7. The summed E-state index contributed by atoms with van der Waals surface area (Å²) in [6.45, 7) is 1.68. The van der Waals surface area contributed by atoms with Gasteiger partial charge < -0.3 is 10.1 Å². The van der Waals surface area contributed by atoms with Crippen LogP contribution in [0.5, 0.6) is 0 Å². The Morgan fingerprint density at radius 3 is 2.55 bits per heavy atom. The minimum Gasteiger partial charge on any atom is -0.382 e. The van der Waals surface area contributed by atoms with Crippen LogP contribution < -0.4 is 0 Å². The molecular weight excluding hydrogens is 452 g/mol. The first-order valence-corrected chi connectivity index (χ1v) is 10.0. The van der Waals surface area contributed by atoms with E-state index in [2.05, 4.69) is 15.1 Å². The van der Waals surface area contributed by atoms with Crippen LogP contribution in [0.2, 0.25) is 10.0 Å². The van der Waals surface area contributed by atoms with Gasteiger partial charge in [-0.05, 0) is 30.3 Å². The van der Waals surface area contributed by atoms with Crippen molar-refractivity contribution in [2.75, 3.05) is 0 Å². The van der Waals surface area contributed by atoms with Crippen molar-refractivity contribution in [3.8, 4) is 0 Å². The smallest absolute Gasteiger partial charge is 0.382 e. The van der Waals surface area contributed by atoms with Gasteiger partial charge in [0.05, 0.1) is 12.1 Å². The number of H-pyrrole nitrogens is 1. The highest BCUT2D eigenvalue weighted by Crippen LogP contribution is 2.43. The average Bonchev–Trinajstić information content (AvgIpc) is 3.35. The van der Waals surface area contributed by atoms with Crippen molar-refractivity contribution in [2.24, 2.45) is 0 Å². The van der Waals surface area contributed by atoms with Gasteiger partial charge in [-0.1, -0.05) is 42.3 Å². The Hall–Kier alpha value is -2.55. The molecule has 0 fully saturated rings. The van der Waals surface area contributed by atoms with Gasteiger partial charge in [-0.25, -0.2) is 9.67 Å². The van der Waals surface area contributed by atoms with Gasteiger partial charge >= 0.3 is 6.18 Å². The van der Waals surface area contributed by atoms with E-state index in [1.165, 1.54) is 35.5 Å². The molecule has 2 unspecified atom stereocenters. The van der Waals surface area contributed by atoms with E-state index in [1.54, 1.807) is 25.1 Å². The van der Waals surface area contributed by atoms with E-state index in [1.807, 2.05) is 0 Å². The van der Waals surface area contributed by atoms with Crippen molar-refractivity contribution in [3.05, 3.63) is 82.0 Å². The minimum absolute atomic E-state index is 0.0298. The van der Waals surface area contributed by atoms with Gasteiger partial charge in [-0.2, -0.15) is 18.3 Å². The van der Waals surface area contributed by atoms with Crippen LogP contribution in [0, 0.1) is 0 Å². The van der Waals surface area contributed by atoms with Crippen LogP contribution >= 0.6 is 23.2 Å². The molecule has 162 valence electrons. The van der Waals surface area contributed by atoms with E-state index in [0.717, 1.165) is 6.07 Å². The Bertz CT molecular complexity index is 1220. The molecule has 0 spiro atoms. The normalized spacial score (nSPS) is 15.2. The Morgan fingerprint density at radius 2 is 1.90 bits per heavy atom. The number of halogens is 5. The molecule has 2 heterocycles. The Kier molecular flexibility index (Phi) is 5.49. The second-order valence-electron chi connectivity index (χ2n) is 7.35. The van der Waals surface area contributed by atoms with Gasteiger partial charge in [0.1, 0.15) is 18.3 Å². The van der Waals surface area contributed by atoms with Gasteiger partial charge in [0.25, 0.3) is 0 Å². The molecule has 2 aromatic heterocycles. The lowest BCUT2D eigenvalue weighted by Crippen LogP contribution is -2.37. The lowest BCUT2D eigenvalue weighted by atomic mass is 9.80. The highest BCUT2D eigenvalue weighted by atomic mass is 35.5. The SMILES string of the molecule is CC(c1cc2c(C(F)(F)F)cccc2[nH]1)C(O)(Cn1cncn1)c1ccc(Cl)cc1Cl. The molecule has 2 N–H and O–H groups in total. The summed E-state index contributed by atoms with van der Waals surface area (Å²) in [7, 11) is 0. The van der Waals surface area contributed by atoms with Crippen LogP contribution in [-0.4, -0.2) is 24.9 Å². The fourth-order valence-electron chi connectivity index (χ4n) is 3.77. The molecule has 0 amide bonds. The van der Waals surface area contributed by atoms with Crippen molar-refractivity contribution in [1.82, 2.24) is 19.7 Å². The predicted octanol–water partition coefficient (Wildman–Crippen LogP) is 5.78. The molecule has 0 aliphatic heterocycles. The van der Waals surface area contributed by atoms with Crippen molar-refractivity contribution in [2.45, 2.75) is 31.2 Å². The highest BCUT2D eigenvalue weighted by molar-refractivity contribution is 6.35. The standard InChI is InChI=1S/C21H17Cl2F3N4O/c1-12(19-8-14-15(21(24,25)26)3-2-4-18(14)29-19)20(31,9-30-11-27-10-28-30)16-6-5-13(22)7-17(16)23/h2-8,10-12,29,31H,9H2,1H3. The van der Waals surface area contributed by atoms with Crippen molar-refractivity contribution in [1.29, 1.82) is 0 Å². The number of rotatable bonds is 5. The van der Waals surface area contributed by atoms with Crippen molar-refractivity contribution in [3.63, 3.8) is 0 Å². The van der Waals surface area contributed by atoms with Gasteiger partial charge in [0.2, 0.25) is 0 Å². The zero-order valence-electron chi connectivity index (χ0n) is 16.2. The quantitative estimate of drug-likeness (QED) is 0.390. The molecule has 5 nitrogen and oxygen atoms in total. The number of aliphatic hydroxyl groups is 1. The number of hydrogen-bond acceptors (Lipinski definition) is 3. The van der Waals surface area contributed by atoms with Crippen LogP contribution in [-0.2, 0) is 18.3 Å². The van der Waals surface area contributed by atoms with Crippen molar-refractivity contribution < 1.29 is 18.3 Å². The van der Waals surface area contributed by atoms with E-state index in [0.29, 0.717) is 21.8 Å². The molecule has 0 aliphatic rings. The number of nitrogens with one attached hydrogen (secondary N) is 1. The largest absolute Gasteiger partial charge is 0.417 e. The number of aromatic amines is 1. The number of alkyl halides is 3. The number of benzene rings is 2. The molecule has 2 atom stereocenters. The molecule has 4 rings (SSSR count). The highest BCUT2D eigenvalue weighted by Gasteiger charge is 2.41. The average molecular weight is 469 g/mol. The third kappa shape index (κ3) is 4.03. The molecular formula is C21H17Cl2F3N4O. The van der Waals surface area contributed by atoms with Crippen LogP contribution in [0.25, 0.3) is 10.9 Å². The van der Waals surface area contributed by atoms with Crippen LogP contribution in [0.4, 0.5) is 13.2 Å². The summed E-state index contributed by atoms with van der Waals surface area (Å²) < 4.78 is 41.8. The Morgan fingerprint density at radius 1 is 1.13 bits per heavy atom. The second-order valence-corrected chi connectivity index (χ2v) is 8.20. The fourth-order valence-corrected chi connectivity index (χ4v) is 4.34.